The highest BCUT2D eigenvalue weighted by Crippen LogP contribution is 1.99. The van der Waals surface area contributed by atoms with Crippen molar-refractivity contribution in [2.24, 2.45) is 5.50 Å². The van der Waals surface area contributed by atoms with E-state index in [1.54, 1.807) is 0 Å². The summed E-state index contributed by atoms with van der Waals surface area (Å²) in [5, 5.41) is 0. The molecule has 0 unspecified atom stereocenters. The van der Waals surface area contributed by atoms with Gasteiger partial charge < -0.3 is 0 Å². The lowest BCUT2D eigenvalue weighted by Gasteiger charge is -1.90. The zero-order chi connectivity index (χ0) is 8.69. The molecule has 0 aliphatic heterocycles. The quantitative estimate of drug-likeness (QED) is 0.606. The van der Waals surface area contributed by atoms with E-state index in [4.69, 9.17) is 4.57 Å². The summed E-state index contributed by atoms with van der Waals surface area (Å²) in [7, 11) is -0.333. The van der Waals surface area contributed by atoms with E-state index in [9.17, 15) is 0 Å². The molecule has 11 heavy (non-hydrogen) atoms. The van der Waals surface area contributed by atoms with Crippen LogP contribution >= 0.6 is 8.61 Å². The second kappa shape index (κ2) is 6.02. The van der Waals surface area contributed by atoms with Crippen LogP contribution in [0.25, 0.3) is 0 Å². The molecule has 2 nitrogen and oxygen atoms in total. The van der Waals surface area contributed by atoms with Crippen LogP contribution in [0, 0.1) is 13.8 Å². The molecule has 0 aliphatic carbocycles. The van der Waals surface area contributed by atoms with Gasteiger partial charge in [-0.2, -0.15) is 0 Å². The highest BCUT2D eigenvalue weighted by molar-refractivity contribution is 7.20. The Morgan fingerprint density at radius 3 is 1.45 bits per heavy atom. The topological polar surface area (TPSA) is 43.1 Å². The lowest BCUT2D eigenvalue weighted by Crippen LogP contribution is -1.70. The fourth-order valence-corrected chi connectivity index (χ4v) is 0.637. The van der Waals surface area contributed by atoms with Crippen LogP contribution in [0.5, 0.6) is 0 Å². The van der Waals surface area contributed by atoms with Crippen molar-refractivity contribution in [1.29, 1.82) is 0 Å². The van der Waals surface area contributed by atoms with Gasteiger partial charge in [-0.05, 0) is 13.8 Å². The van der Waals surface area contributed by atoms with Gasteiger partial charge in [0.15, 0.2) is 0 Å². The molecule has 1 aromatic rings. The van der Waals surface area contributed by atoms with Crippen LogP contribution in [0.3, 0.4) is 0 Å². The number of hydrogen-bond acceptors (Lipinski definition) is 1. The maximum atomic E-state index is 8.68. The van der Waals surface area contributed by atoms with Gasteiger partial charge in [0.05, 0.1) is 0 Å². The Morgan fingerprint density at radius 1 is 1.09 bits per heavy atom. The standard InChI is InChI=1S/C8H10.H2NOP/c1-7-3-5-8(2)6-4-7;1-3-2/h3-6H,1-2H3;(H2,1,2). The van der Waals surface area contributed by atoms with E-state index in [-0.39, 0.29) is 8.61 Å². The van der Waals surface area contributed by atoms with Crippen molar-refractivity contribution in [2.75, 3.05) is 0 Å². The van der Waals surface area contributed by atoms with E-state index in [0.717, 1.165) is 0 Å². The van der Waals surface area contributed by atoms with Gasteiger partial charge in [0.2, 0.25) is 8.61 Å². The molecule has 60 valence electrons. The second-order valence-corrected chi connectivity index (χ2v) is 2.47. The molecule has 0 heterocycles. The molecule has 0 radical (unpaired) electrons. The first-order chi connectivity index (χ1) is 5.20. The molecule has 0 atom stereocenters. The summed E-state index contributed by atoms with van der Waals surface area (Å²) in [6.07, 6.45) is 0. The second-order valence-electron chi connectivity index (χ2n) is 2.26. The predicted octanol–water partition coefficient (Wildman–Crippen LogP) is 2.46. The summed E-state index contributed by atoms with van der Waals surface area (Å²) in [5.41, 5.74) is 6.92. The minimum absolute atomic E-state index is 0.333. The van der Waals surface area contributed by atoms with Crippen LogP contribution in [0.15, 0.2) is 24.3 Å². The molecule has 2 N–H and O–H groups in total. The third kappa shape index (κ3) is 5.71. The number of nitrogens with two attached hydrogens (primary N) is 1. The summed E-state index contributed by atoms with van der Waals surface area (Å²) in [4.78, 5) is 0. The zero-order valence-electron chi connectivity index (χ0n) is 6.74. The summed E-state index contributed by atoms with van der Waals surface area (Å²) in [5.74, 6) is 0. The molecule has 1 rings (SSSR count). The number of aryl methyl sites for hydroxylation is 2. The summed E-state index contributed by atoms with van der Waals surface area (Å²) in [6.45, 7) is 4.19. The third-order valence-electron chi connectivity index (χ3n) is 1.22. The van der Waals surface area contributed by atoms with Crippen LogP contribution in [0.4, 0.5) is 0 Å². The van der Waals surface area contributed by atoms with Gasteiger partial charge in [0.25, 0.3) is 0 Å². The first-order valence-corrected chi connectivity index (χ1v) is 4.14. The molecular weight excluding hydrogens is 157 g/mol. The number of benzene rings is 1. The minimum Gasteiger partial charge on any atom is -0.256 e. The van der Waals surface area contributed by atoms with Crippen molar-refractivity contribution >= 4 is 8.61 Å². The predicted molar refractivity (Wildman–Crippen MR) is 47.7 cm³/mol. The molecule has 0 aromatic heterocycles. The Bertz CT molecular complexity index is 187. The average molecular weight is 169 g/mol. The van der Waals surface area contributed by atoms with Crippen LogP contribution in [-0.4, -0.2) is 0 Å². The SMILES string of the molecule is Cc1ccc(C)cc1.NP=O. The molecule has 1 aromatic carbocycles. The highest BCUT2D eigenvalue weighted by Gasteiger charge is 1.79. The van der Waals surface area contributed by atoms with Gasteiger partial charge in [-0.25, -0.2) is 0 Å². The summed E-state index contributed by atoms with van der Waals surface area (Å²) < 4.78 is 8.68. The van der Waals surface area contributed by atoms with Crippen LogP contribution in [-0.2, 0) is 4.57 Å². The van der Waals surface area contributed by atoms with E-state index in [2.05, 4.69) is 43.6 Å². The lowest BCUT2D eigenvalue weighted by molar-refractivity contribution is 0.599. The Hall–Kier alpha value is -0.720. The third-order valence-corrected chi connectivity index (χ3v) is 1.22. The largest absolute Gasteiger partial charge is 0.256 e. The molecule has 0 bridgehead atoms. The number of hydrogen-bond donors (Lipinski definition) is 1. The Balaban J connectivity index is 0.000000292. The molecule has 3 heteroatoms. The zero-order valence-corrected chi connectivity index (χ0v) is 7.64. The minimum atomic E-state index is -0.333. The van der Waals surface area contributed by atoms with Gasteiger partial charge in [-0.3, -0.25) is 10.1 Å². The highest BCUT2D eigenvalue weighted by atomic mass is 31.1. The maximum Gasteiger partial charge on any atom is 0.242 e. The Kier molecular flexibility index (Phi) is 5.63. The van der Waals surface area contributed by atoms with E-state index >= 15 is 0 Å². The smallest absolute Gasteiger partial charge is 0.242 e. The summed E-state index contributed by atoms with van der Waals surface area (Å²) in [6, 6.07) is 8.48. The Labute approximate surface area is 68.7 Å². The normalized spacial score (nSPS) is 8.64. The fourth-order valence-electron chi connectivity index (χ4n) is 0.637. The maximum absolute atomic E-state index is 8.68. The van der Waals surface area contributed by atoms with Gasteiger partial charge in [0, 0.05) is 0 Å². The number of rotatable bonds is 0. The molecule has 0 spiro atoms. The van der Waals surface area contributed by atoms with Crippen LogP contribution < -0.4 is 5.50 Å². The van der Waals surface area contributed by atoms with Crippen molar-refractivity contribution in [3.63, 3.8) is 0 Å². The molecule has 0 aliphatic rings. The van der Waals surface area contributed by atoms with Gasteiger partial charge in [0.1, 0.15) is 0 Å². The van der Waals surface area contributed by atoms with Crippen LogP contribution in [0.2, 0.25) is 0 Å². The van der Waals surface area contributed by atoms with E-state index in [1.807, 2.05) is 0 Å². The van der Waals surface area contributed by atoms with Gasteiger partial charge >= 0.3 is 0 Å². The van der Waals surface area contributed by atoms with Crippen molar-refractivity contribution in [3.05, 3.63) is 35.4 Å². The first kappa shape index (κ1) is 10.3. The van der Waals surface area contributed by atoms with Crippen molar-refractivity contribution in [2.45, 2.75) is 13.8 Å². The fraction of sp³-hybridized carbons (Fsp3) is 0.250. The first-order valence-electron chi connectivity index (χ1n) is 3.26. The van der Waals surface area contributed by atoms with E-state index < -0.39 is 0 Å². The monoisotopic (exact) mass is 169 g/mol. The van der Waals surface area contributed by atoms with Gasteiger partial charge in [-0.1, -0.05) is 35.4 Å². The molecule has 0 saturated heterocycles. The molecule has 0 amide bonds. The van der Waals surface area contributed by atoms with E-state index in [0.29, 0.717) is 0 Å². The molecular formula is C8H12NOP. The van der Waals surface area contributed by atoms with Crippen molar-refractivity contribution < 1.29 is 4.57 Å². The van der Waals surface area contributed by atoms with Gasteiger partial charge in [-0.15, -0.1) is 0 Å². The molecule has 0 fully saturated rings. The average Bonchev–Trinajstić information content (AvgIpc) is 1.97. The lowest BCUT2D eigenvalue weighted by atomic mass is 10.2. The van der Waals surface area contributed by atoms with Crippen LogP contribution in [0.1, 0.15) is 11.1 Å². The summed E-state index contributed by atoms with van der Waals surface area (Å²) >= 11 is 0. The van der Waals surface area contributed by atoms with E-state index in [1.165, 1.54) is 11.1 Å². The Morgan fingerprint density at radius 2 is 1.27 bits per heavy atom. The molecule has 0 saturated carbocycles. The van der Waals surface area contributed by atoms with Crippen molar-refractivity contribution in [1.82, 2.24) is 0 Å². The van der Waals surface area contributed by atoms with Crippen molar-refractivity contribution in [3.8, 4) is 0 Å².